The van der Waals surface area contributed by atoms with Crippen LogP contribution in [0.15, 0.2) is 18.2 Å². The Morgan fingerprint density at radius 2 is 1.72 bits per heavy atom. The van der Waals surface area contributed by atoms with Crippen LogP contribution in [-0.4, -0.2) is 25.5 Å². The summed E-state index contributed by atoms with van der Waals surface area (Å²) in [4.78, 5) is 2.29. The van der Waals surface area contributed by atoms with Gasteiger partial charge in [0.25, 0.3) is 0 Å². The zero-order valence-corrected chi connectivity index (χ0v) is 12.7. The van der Waals surface area contributed by atoms with Gasteiger partial charge in [-0.05, 0) is 63.0 Å². The first-order valence-corrected chi connectivity index (χ1v) is 6.82. The highest BCUT2D eigenvalue weighted by atomic mass is 15.1. The van der Waals surface area contributed by atoms with Crippen molar-refractivity contribution in [2.75, 3.05) is 20.6 Å². The third-order valence-corrected chi connectivity index (χ3v) is 3.96. The van der Waals surface area contributed by atoms with Crippen molar-refractivity contribution in [3.05, 3.63) is 34.9 Å². The van der Waals surface area contributed by atoms with Crippen molar-refractivity contribution in [2.24, 2.45) is 17.6 Å². The Balaban J connectivity index is 3.15. The predicted octanol–water partition coefficient (Wildman–Crippen LogP) is 3.14. The highest BCUT2D eigenvalue weighted by Gasteiger charge is 2.26. The summed E-state index contributed by atoms with van der Waals surface area (Å²) in [5.74, 6) is 1.08. The van der Waals surface area contributed by atoms with Gasteiger partial charge in [-0.15, -0.1) is 0 Å². The summed E-state index contributed by atoms with van der Waals surface area (Å²) < 4.78 is 0. The average molecular weight is 248 g/mol. The van der Waals surface area contributed by atoms with Crippen molar-refractivity contribution in [3.8, 4) is 0 Å². The normalized spacial score (nSPS) is 15.2. The third-order valence-electron chi connectivity index (χ3n) is 3.96. The van der Waals surface area contributed by atoms with E-state index in [1.54, 1.807) is 0 Å². The van der Waals surface area contributed by atoms with Crippen LogP contribution < -0.4 is 5.73 Å². The summed E-state index contributed by atoms with van der Waals surface area (Å²) in [7, 11) is 4.29. The van der Waals surface area contributed by atoms with E-state index in [9.17, 15) is 0 Å². The van der Waals surface area contributed by atoms with E-state index in [2.05, 4.69) is 64.9 Å². The minimum absolute atomic E-state index is 0.397. The molecule has 2 atom stereocenters. The van der Waals surface area contributed by atoms with Crippen LogP contribution in [0.3, 0.4) is 0 Å². The quantitative estimate of drug-likeness (QED) is 0.867. The van der Waals surface area contributed by atoms with Crippen molar-refractivity contribution >= 4 is 0 Å². The Hall–Kier alpha value is -0.860. The average Bonchev–Trinajstić information content (AvgIpc) is 2.28. The van der Waals surface area contributed by atoms with Crippen LogP contribution in [0.5, 0.6) is 0 Å². The molecule has 0 heterocycles. The molecular weight excluding hydrogens is 220 g/mol. The first kappa shape index (κ1) is 15.2. The van der Waals surface area contributed by atoms with Crippen molar-refractivity contribution in [1.82, 2.24) is 4.90 Å². The van der Waals surface area contributed by atoms with Crippen LogP contribution in [0.2, 0.25) is 0 Å². The number of aryl methyl sites for hydroxylation is 2. The lowest BCUT2D eigenvalue weighted by molar-refractivity contribution is 0.175. The minimum atomic E-state index is 0.397. The van der Waals surface area contributed by atoms with E-state index >= 15 is 0 Å². The summed E-state index contributed by atoms with van der Waals surface area (Å²) in [5.41, 5.74) is 10.1. The molecule has 0 aliphatic carbocycles. The van der Waals surface area contributed by atoms with Gasteiger partial charge in [0.2, 0.25) is 0 Å². The molecule has 0 bridgehead atoms. The van der Waals surface area contributed by atoms with Crippen molar-refractivity contribution in [3.63, 3.8) is 0 Å². The Kier molecular flexibility index (Phi) is 5.36. The summed E-state index contributed by atoms with van der Waals surface area (Å²) in [5, 5.41) is 0. The van der Waals surface area contributed by atoms with Crippen LogP contribution in [0.25, 0.3) is 0 Å². The molecule has 1 rings (SSSR count). The second-order valence-corrected chi connectivity index (χ2v) is 5.90. The Morgan fingerprint density at radius 3 is 2.11 bits per heavy atom. The highest BCUT2D eigenvalue weighted by molar-refractivity contribution is 5.32. The van der Waals surface area contributed by atoms with Gasteiger partial charge >= 0.3 is 0 Å². The first-order chi connectivity index (χ1) is 8.38. The second-order valence-electron chi connectivity index (χ2n) is 5.90. The molecule has 2 heteroatoms. The molecule has 2 N–H and O–H groups in total. The summed E-state index contributed by atoms with van der Waals surface area (Å²) in [6.07, 6.45) is 0. The van der Waals surface area contributed by atoms with Gasteiger partial charge in [-0.2, -0.15) is 0 Å². The zero-order chi connectivity index (χ0) is 13.9. The molecule has 0 radical (unpaired) electrons. The molecule has 0 aromatic heterocycles. The summed E-state index contributed by atoms with van der Waals surface area (Å²) in [6, 6.07) is 7.17. The molecule has 102 valence electrons. The topological polar surface area (TPSA) is 29.3 Å². The highest BCUT2D eigenvalue weighted by Crippen LogP contribution is 2.32. The van der Waals surface area contributed by atoms with Crippen LogP contribution in [0.4, 0.5) is 0 Å². The van der Waals surface area contributed by atoms with Gasteiger partial charge in [0.15, 0.2) is 0 Å². The van der Waals surface area contributed by atoms with E-state index in [1.165, 1.54) is 16.7 Å². The largest absolute Gasteiger partial charge is 0.330 e. The summed E-state index contributed by atoms with van der Waals surface area (Å²) in [6.45, 7) is 9.59. The molecule has 0 saturated carbocycles. The Labute approximate surface area is 112 Å². The molecular formula is C16H28N2. The van der Waals surface area contributed by atoms with Gasteiger partial charge in [0, 0.05) is 6.04 Å². The van der Waals surface area contributed by atoms with E-state index in [4.69, 9.17) is 5.73 Å². The predicted molar refractivity (Wildman–Crippen MR) is 79.7 cm³/mol. The molecule has 0 saturated heterocycles. The van der Waals surface area contributed by atoms with E-state index < -0.39 is 0 Å². The van der Waals surface area contributed by atoms with E-state index in [0.29, 0.717) is 17.9 Å². The lowest BCUT2D eigenvalue weighted by Gasteiger charge is -2.35. The van der Waals surface area contributed by atoms with Gasteiger partial charge in [-0.25, -0.2) is 0 Å². The van der Waals surface area contributed by atoms with E-state index in [1.807, 2.05) is 0 Å². The lowest BCUT2D eigenvalue weighted by Crippen LogP contribution is -2.35. The molecule has 2 nitrogen and oxygen atoms in total. The number of hydrogen-bond donors (Lipinski definition) is 1. The fraction of sp³-hybridized carbons (Fsp3) is 0.625. The lowest BCUT2D eigenvalue weighted by atomic mass is 9.83. The van der Waals surface area contributed by atoms with Crippen molar-refractivity contribution < 1.29 is 0 Å². The number of rotatable bonds is 5. The number of hydrogen-bond acceptors (Lipinski definition) is 2. The maximum Gasteiger partial charge on any atom is 0.0384 e. The maximum atomic E-state index is 5.99. The van der Waals surface area contributed by atoms with Crippen LogP contribution in [0.1, 0.15) is 36.6 Å². The molecule has 1 aromatic carbocycles. The van der Waals surface area contributed by atoms with Crippen LogP contribution in [-0.2, 0) is 0 Å². The van der Waals surface area contributed by atoms with Gasteiger partial charge in [0.1, 0.15) is 0 Å². The zero-order valence-electron chi connectivity index (χ0n) is 12.7. The number of benzene rings is 1. The van der Waals surface area contributed by atoms with E-state index in [-0.39, 0.29) is 0 Å². The second kappa shape index (κ2) is 6.35. The Bertz CT molecular complexity index is 383. The molecule has 0 fully saturated rings. The molecule has 0 aliphatic heterocycles. The van der Waals surface area contributed by atoms with Crippen molar-refractivity contribution in [1.29, 1.82) is 0 Å². The van der Waals surface area contributed by atoms with Gasteiger partial charge in [-0.1, -0.05) is 32.0 Å². The standard InChI is InChI=1S/C16H28N2/c1-11(2)15(10-17)16(18(5)6)14-8-7-12(3)13(4)9-14/h7-9,11,15-16H,10,17H2,1-6H3. The molecule has 0 spiro atoms. The Morgan fingerprint density at radius 1 is 1.11 bits per heavy atom. The first-order valence-electron chi connectivity index (χ1n) is 6.82. The fourth-order valence-corrected chi connectivity index (χ4v) is 2.64. The number of nitrogens with two attached hydrogens (primary N) is 1. The molecule has 2 unspecified atom stereocenters. The summed E-state index contributed by atoms with van der Waals surface area (Å²) >= 11 is 0. The number of nitrogens with zero attached hydrogens (tertiary/aromatic N) is 1. The van der Waals surface area contributed by atoms with Crippen molar-refractivity contribution in [2.45, 2.75) is 33.7 Å². The molecule has 0 aliphatic rings. The van der Waals surface area contributed by atoms with Gasteiger partial charge in [0.05, 0.1) is 0 Å². The fourth-order valence-electron chi connectivity index (χ4n) is 2.64. The smallest absolute Gasteiger partial charge is 0.0384 e. The van der Waals surface area contributed by atoms with E-state index in [0.717, 1.165) is 6.54 Å². The van der Waals surface area contributed by atoms with Crippen LogP contribution >= 0.6 is 0 Å². The van der Waals surface area contributed by atoms with Gasteiger partial charge in [-0.3, -0.25) is 0 Å². The monoisotopic (exact) mass is 248 g/mol. The molecule has 18 heavy (non-hydrogen) atoms. The maximum absolute atomic E-state index is 5.99. The third kappa shape index (κ3) is 3.33. The van der Waals surface area contributed by atoms with Gasteiger partial charge < -0.3 is 10.6 Å². The minimum Gasteiger partial charge on any atom is -0.330 e. The molecule has 0 amide bonds. The van der Waals surface area contributed by atoms with Crippen LogP contribution in [0, 0.1) is 25.7 Å². The molecule has 1 aromatic rings. The SMILES string of the molecule is Cc1ccc(C(C(CN)C(C)C)N(C)C)cc1C.